The quantitative estimate of drug-likeness (QED) is 0.821. The molecule has 0 bridgehead atoms. The summed E-state index contributed by atoms with van der Waals surface area (Å²) in [7, 11) is 0. The molecule has 0 spiro atoms. The zero-order chi connectivity index (χ0) is 12.1. The number of nitrogens with zero attached hydrogens (tertiary/aromatic N) is 1. The molecular weight excluding hydrogens is 214 g/mol. The van der Waals surface area contributed by atoms with Crippen LogP contribution in [-0.2, 0) is 4.74 Å². The first kappa shape index (κ1) is 12.9. The zero-order valence-electron chi connectivity index (χ0n) is 10.5. The van der Waals surface area contributed by atoms with E-state index in [1.54, 1.807) is 0 Å². The second-order valence-corrected chi connectivity index (χ2v) is 5.68. The molecule has 3 nitrogen and oxygen atoms in total. The number of ether oxygens (including phenoxy) is 1. The number of rotatable bonds is 3. The van der Waals surface area contributed by atoms with Crippen LogP contribution in [0.1, 0.15) is 51.4 Å². The van der Waals surface area contributed by atoms with E-state index in [2.05, 4.69) is 6.07 Å². The minimum absolute atomic E-state index is 0.414. The first-order chi connectivity index (χ1) is 8.27. The van der Waals surface area contributed by atoms with E-state index < -0.39 is 11.5 Å². The van der Waals surface area contributed by atoms with Gasteiger partial charge in [0, 0.05) is 6.61 Å². The molecule has 0 amide bonds. The number of aliphatic hydroxyl groups excluding tert-OH is 1. The average molecular weight is 237 g/mol. The highest BCUT2D eigenvalue weighted by Crippen LogP contribution is 2.37. The molecule has 0 radical (unpaired) electrons. The first-order valence-corrected chi connectivity index (χ1v) is 6.94. The summed E-state index contributed by atoms with van der Waals surface area (Å²) in [5.41, 5.74) is -0.629. The van der Waals surface area contributed by atoms with E-state index in [-0.39, 0.29) is 0 Å². The Morgan fingerprint density at radius 3 is 2.65 bits per heavy atom. The fourth-order valence-corrected chi connectivity index (χ4v) is 3.21. The van der Waals surface area contributed by atoms with Crippen LogP contribution < -0.4 is 0 Å². The SMILES string of the molecule is N#CC1(C(O)CC2CCCCC2)CCCOC1. The predicted octanol–water partition coefficient (Wildman–Crippen LogP) is 2.64. The van der Waals surface area contributed by atoms with Gasteiger partial charge in [0.1, 0.15) is 5.41 Å². The van der Waals surface area contributed by atoms with E-state index in [0.29, 0.717) is 12.5 Å². The third-order valence-electron chi connectivity index (χ3n) is 4.41. The first-order valence-electron chi connectivity index (χ1n) is 6.94. The molecule has 0 aromatic carbocycles. The van der Waals surface area contributed by atoms with Gasteiger partial charge in [-0.15, -0.1) is 0 Å². The summed E-state index contributed by atoms with van der Waals surface area (Å²) in [6.07, 6.45) is 8.32. The maximum Gasteiger partial charge on any atom is 0.106 e. The summed E-state index contributed by atoms with van der Waals surface area (Å²) in [4.78, 5) is 0. The molecule has 0 aromatic rings. The van der Waals surface area contributed by atoms with Crippen LogP contribution in [0, 0.1) is 22.7 Å². The van der Waals surface area contributed by atoms with Gasteiger partial charge in [0.2, 0.25) is 0 Å². The van der Waals surface area contributed by atoms with Gasteiger partial charge in [0.05, 0.1) is 18.8 Å². The molecule has 2 aliphatic rings. The Morgan fingerprint density at radius 1 is 1.29 bits per heavy atom. The lowest BCUT2D eigenvalue weighted by Gasteiger charge is -2.37. The van der Waals surface area contributed by atoms with Gasteiger partial charge in [-0.25, -0.2) is 0 Å². The van der Waals surface area contributed by atoms with Crippen LogP contribution in [0.15, 0.2) is 0 Å². The summed E-state index contributed by atoms with van der Waals surface area (Å²) in [5.74, 6) is 0.617. The molecule has 2 atom stereocenters. The van der Waals surface area contributed by atoms with E-state index in [0.717, 1.165) is 25.9 Å². The van der Waals surface area contributed by atoms with Crippen LogP contribution in [0.4, 0.5) is 0 Å². The molecule has 1 aliphatic carbocycles. The molecule has 2 rings (SSSR count). The summed E-state index contributed by atoms with van der Waals surface area (Å²) in [6.45, 7) is 1.15. The largest absolute Gasteiger partial charge is 0.391 e. The fourth-order valence-electron chi connectivity index (χ4n) is 3.21. The van der Waals surface area contributed by atoms with Gasteiger partial charge in [-0.1, -0.05) is 32.1 Å². The molecule has 3 heteroatoms. The Kier molecular flexibility index (Phi) is 4.42. The molecule has 1 saturated heterocycles. The minimum Gasteiger partial charge on any atom is -0.391 e. The lowest BCUT2D eigenvalue weighted by Crippen LogP contribution is -2.42. The van der Waals surface area contributed by atoms with Crippen molar-refractivity contribution in [1.29, 1.82) is 5.26 Å². The van der Waals surface area contributed by atoms with E-state index in [1.807, 2.05) is 0 Å². The number of hydrogen-bond acceptors (Lipinski definition) is 3. The van der Waals surface area contributed by atoms with Gasteiger partial charge in [-0.3, -0.25) is 0 Å². The lowest BCUT2D eigenvalue weighted by atomic mass is 9.73. The third kappa shape index (κ3) is 3.00. The van der Waals surface area contributed by atoms with Crippen molar-refractivity contribution in [2.75, 3.05) is 13.2 Å². The Hall–Kier alpha value is -0.590. The van der Waals surface area contributed by atoms with Crippen molar-refractivity contribution in [3.05, 3.63) is 0 Å². The van der Waals surface area contributed by atoms with Crippen molar-refractivity contribution in [2.24, 2.45) is 11.3 Å². The molecule has 2 fully saturated rings. The monoisotopic (exact) mass is 237 g/mol. The van der Waals surface area contributed by atoms with Gasteiger partial charge < -0.3 is 9.84 Å². The predicted molar refractivity (Wildman–Crippen MR) is 65.3 cm³/mol. The van der Waals surface area contributed by atoms with Gasteiger partial charge in [0.15, 0.2) is 0 Å². The van der Waals surface area contributed by atoms with Crippen molar-refractivity contribution in [1.82, 2.24) is 0 Å². The Balaban J connectivity index is 1.92. The normalized spacial score (nSPS) is 32.9. The van der Waals surface area contributed by atoms with E-state index in [9.17, 15) is 10.4 Å². The molecule has 96 valence electrons. The highest BCUT2D eigenvalue weighted by molar-refractivity contribution is 5.05. The van der Waals surface area contributed by atoms with E-state index >= 15 is 0 Å². The molecule has 17 heavy (non-hydrogen) atoms. The number of hydrogen-bond donors (Lipinski definition) is 1. The highest BCUT2D eigenvalue weighted by atomic mass is 16.5. The standard InChI is InChI=1S/C14H23NO2/c15-10-14(7-4-8-17-11-14)13(16)9-12-5-2-1-3-6-12/h12-13,16H,1-9,11H2. The molecule has 1 saturated carbocycles. The molecule has 1 aliphatic heterocycles. The topological polar surface area (TPSA) is 53.2 Å². The highest BCUT2D eigenvalue weighted by Gasteiger charge is 2.41. The molecular formula is C14H23NO2. The van der Waals surface area contributed by atoms with Gasteiger partial charge in [0.25, 0.3) is 0 Å². The van der Waals surface area contributed by atoms with Crippen molar-refractivity contribution < 1.29 is 9.84 Å². The van der Waals surface area contributed by atoms with Crippen LogP contribution >= 0.6 is 0 Å². The second kappa shape index (κ2) is 5.84. The van der Waals surface area contributed by atoms with Crippen molar-refractivity contribution in [3.63, 3.8) is 0 Å². The van der Waals surface area contributed by atoms with E-state index in [1.165, 1.54) is 32.1 Å². The van der Waals surface area contributed by atoms with Crippen molar-refractivity contribution in [2.45, 2.75) is 57.5 Å². The van der Waals surface area contributed by atoms with E-state index in [4.69, 9.17) is 4.74 Å². The Labute approximate surface area is 104 Å². The summed E-state index contributed by atoms with van der Waals surface area (Å²) in [6, 6.07) is 2.33. The van der Waals surface area contributed by atoms with Crippen LogP contribution in [0.25, 0.3) is 0 Å². The van der Waals surface area contributed by atoms with Gasteiger partial charge >= 0.3 is 0 Å². The zero-order valence-corrected chi connectivity index (χ0v) is 10.5. The Bertz CT molecular complexity index is 272. The average Bonchev–Trinajstić information content (AvgIpc) is 2.40. The minimum atomic E-state index is -0.629. The second-order valence-electron chi connectivity index (χ2n) is 5.68. The maximum atomic E-state index is 10.4. The summed E-state index contributed by atoms with van der Waals surface area (Å²) in [5, 5.41) is 19.7. The number of nitriles is 1. The lowest BCUT2D eigenvalue weighted by molar-refractivity contribution is -0.0584. The summed E-state index contributed by atoms with van der Waals surface area (Å²) < 4.78 is 5.40. The fraction of sp³-hybridized carbons (Fsp3) is 0.929. The maximum absolute atomic E-state index is 10.4. The van der Waals surface area contributed by atoms with Crippen LogP contribution in [0.3, 0.4) is 0 Å². The van der Waals surface area contributed by atoms with Gasteiger partial charge in [-0.2, -0.15) is 5.26 Å². The summed E-state index contributed by atoms with van der Waals surface area (Å²) >= 11 is 0. The van der Waals surface area contributed by atoms with Crippen LogP contribution in [-0.4, -0.2) is 24.4 Å². The molecule has 2 unspecified atom stereocenters. The molecule has 1 N–H and O–H groups in total. The third-order valence-corrected chi connectivity index (χ3v) is 4.41. The smallest absolute Gasteiger partial charge is 0.106 e. The van der Waals surface area contributed by atoms with Crippen molar-refractivity contribution >= 4 is 0 Å². The molecule has 1 heterocycles. The van der Waals surface area contributed by atoms with Crippen LogP contribution in [0.5, 0.6) is 0 Å². The van der Waals surface area contributed by atoms with Crippen molar-refractivity contribution in [3.8, 4) is 6.07 Å². The van der Waals surface area contributed by atoms with Gasteiger partial charge in [-0.05, 0) is 25.2 Å². The van der Waals surface area contributed by atoms with Crippen LogP contribution in [0.2, 0.25) is 0 Å². The number of aliphatic hydroxyl groups is 1. The Morgan fingerprint density at radius 2 is 2.06 bits per heavy atom. The molecule has 0 aromatic heterocycles.